The van der Waals surface area contributed by atoms with Crippen molar-refractivity contribution in [2.75, 3.05) is 13.2 Å². The highest BCUT2D eigenvalue weighted by molar-refractivity contribution is 6.11. The Morgan fingerprint density at radius 1 is 0.500 bits per heavy atom. The number of ether oxygens (including phenoxy) is 2. The largest absolute Gasteiger partial charge is 0.462 e. The Hall–Kier alpha value is -6.18. The molecule has 3 aliphatic heterocycles. The predicted molar refractivity (Wildman–Crippen MR) is 254 cm³/mol. The summed E-state index contributed by atoms with van der Waals surface area (Å²) in [6.45, 7) is 12.5. The van der Waals surface area contributed by atoms with Crippen LogP contribution < -0.4 is 0 Å². The minimum absolute atomic E-state index is 0.294. The van der Waals surface area contributed by atoms with Gasteiger partial charge in [-0.15, -0.1) is 0 Å². The minimum Gasteiger partial charge on any atom is -0.462 e. The number of fused-ring (bicyclic) bond motifs is 2. The number of benzene rings is 6. The molecule has 62 heavy (non-hydrogen) atoms. The Bertz CT molecular complexity index is 2740. The summed E-state index contributed by atoms with van der Waals surface area (Å²) in [5.41, 5.74) is 13.0. The summed E-state index contributed by atoms with van der Waals surface area (Å²) in [6, 6.07) is 44.0. The number of rotatable bonds is 11. The lowest BCUT2D eigenvalue weighted by Crippen LogP contribution is -2.34. The van der Waals surface area contributed by atoms with Gasteiger partial charge >= 0.3 is 11.9 Å². The first-order valence-corrected chi connectivity index (χ1v) is 22.8. The Labute approximate surface area is 364 Å². The van der Waals surface area contributed by atoms with E-state index in [0.29, 0.717) is 30.4 Å². The van der Waals surface area contributed by atoms with E-state index in [9.17, 15) is 9.59 Å². The van der Waals surface area contributed by atoms with E-state index in [-0.39, 0.29) is 11.9 Å². The van der Waals surface area contributed by atoms with Crippen LogP contribution in [-0.4, -0.2) is 45.2 Å². The van der Waals surface area contributed by atoms with E-state index in [2.05, 4.69) is 113 Å². The highest BCUT2D eigenvalue weighted by Gasteiger charge is 2.22. The Morgan fingerprint density at radius 3 is 1.32 bits per heavy atom. The molecule has 0 radical (unpaired) electrons. The molecule has 8 bridgehead atoms. The van der Waals surface area contributed by atoms with Crippen LogP contribution >= 0.6 is 0 Å². The lowest BCUT2D eigenvalue weighted by Gasteiger charge is -2.32. The van der Waals surface area contributed by atoms with E-state index in [4.69, 9.17) is 9.47 Å². The van der Waals surface area contributed by atoms with Gasteiger partial charge in [-0.1, -0.05) is 75.2 Å². The third kappa shape index (κ3) is 8.02. The standard InChI is InChI=1S/C55H57N3O4/c1-5-13-45(14-6-2)56-35-37-19-23-50-46(29-37)48-33-41(39-15-11-17-43(31-39)54(59)61-7-3)21-25-52(48)57(50)27-9-10-28-58-51-24-20-38(36-56)30-47(51)49-34-42(22-26-53(49)58)40-16-12-18-44(32-40)55(60)62-8-4/h11-12,15-26,29-34,45H,5-10,13-14,27-28,35-36H2,1-4H3. The maximum absolute atomic E-state index is 12.7. The van der Waals surface area contributed by atoms with Gasteiger partial charge in [-0.3, -0.25) is 4.90 Å². The smallest absolute Gasteiger partial charge is 0.338 e. The van der Waals surface area contributed by atoms with E-state index < -0.39 is 0 Å². The number of carbonyl (C=O) groups is 2. The van der Waals surface area contributed by atoms with Gasteiger partial charge in [0.1, 0.15) is 0 Å². The third-order valence-electron chi connectivity index (χ3n) is 12.8. The number of esters is 2. The molecule has 3 aliphatic rings. The molecular formula is C55H57N3O4. The highest BCUT2D eigenvalue weighted by atomic mass is 16.5. The number of carbonyl (C=O) groups excluding carboxylic acids is 2. The molecule has 0 atom stereocenters. The zero-order valence-corrected chi connectivity index (χ0v) is 36.6. The molecule has 0 amide bonds. The molecule has 0 unspecified atom stereocenters. The van der Waals surface area contributed by atoms with Crippen LogP contribution in [0.15, 0.2) is 121 Å². The van der Waals surface area contributed by atoms with Crippen molar-refractivity contribution in [3.8, 4) is 22.3 Å². The monoisotopic (exact) mass is 823 g/mol. The SMILES string of the molecule is CCCC(CCC)N1Cc2ccc3c(c2)c2cc(-c4cccc(C(=O)OCC)c4)ccc2n3CCCCn2c3ccc(cc3c3cc(-c4cccc(C(=O)OCC)c4)ccc32)C1. The molecule has 316 valence electrons. The van der Waals surface area contributed by atoms with Gasteiger partial charge in [0.05, 0.1) is 24.3 Å². The number of aromatic nitrogens is 2. The van der Waals surface area contributed by atoms with Crippen LogP contribution in [0.5, 0.6) is 0 Å². The molecule has 2 aromatic heterocycles. The van der Waals surface area contributed by atoms with Crippen LogP contribution in [0.2, 0.25) is 0 Å². The predicted octanol–water partition coefficient (Wildman–Crippen LogP) is 13.4. The molecular weight excluding hydrogens is 767 g/mol. The first-order chi connectivity index (χ1) is 30.4. The fourth-order valence-electron chi connectivity index (χ4n) is 9.92. The molecule has 5 heterocycles. The van der Waals surface area contributed by atoms with Gasteiger partial charge in [0.2, 0.25) is 0 Å². The van der Waals surface area contributed by atoms with E-state index in [0.717, 1.165) is 87.0 Å². The summed E-state index contributed by atoms with van der Waals surface area (Å²) in [5.74, 6) is -0.588. The fraction of sp³-hybridized carbons (Fsp3) is 0.309. The van der Waals surface area contributed by atoms with Gasteiger partial charge in [-0.2, -0.15) is 0 Å². The molecule has 0 spiro atoms. The summed E-state index contributed by atoms with van der Waals surface area (Å²) in [5, 5.41) is 5.03. The molecule has 11 rings (SSSR count). The molecule has 7 nitrogen and oxygen atoms in total. The van der Waals surface area contributed by atoms with Gasteiger partial charge in [0.25, 0.3) is 0 Å². The topological polar surface area (TPSA) is 65.7 Å². The zero-order chi connectivity index (χ0) is 42.7. The Balaban J connectivity index is 1.15. The van der Waals surface area contributed by atoms with Crippen LogP contribution in [0.3, 0.4) is 0 Å². The second-order valence-corrected chi connectivity index (χ2v) is 16.9. The fourth-order valence-corrected chi connectivity index (χ4v) is 9.92. The van der Waals surface area contributed by atoms with Crippen molar-refractivity contribution in [1.29, 1.82) is 0 Å². The van der Waals surface area contributed by atoms with Crippen LogP contribution in [-0.2, 0) is 35.7 Å². The first-order valence-electron chi connectivity index (χ1n) is 22.8. The van der Waals surface area contributed by atoms with Crippen molar-refractivity contribution in [2.45, 2.75) is 98.4 Å². The Kier molecular flexibility index (Phi) is 12.0. The molecule has 0 N–H and O–H groups in total. The van der Waals surface area contributed by atoms with Crippen molar-refractivity contribution in [2.24, 2.45) is 0 Å². The van der Waals surface area contributed by atoms with Crippen LogP contribution in [0.25, 0.3) is 65.9 Å². The van der Waals surface area contributed by atoms with Crippen molar-refractivity contribution in [1.82, 2.24) is 14.0 Å². The van der Waals surface area contributed by atoms with E-state index in [1.807, 2.05) is 50.2 Å². The zero-order valence-electron chi connectivity index (χ0n) is 36.6. The quantitative estimate of drug-likeness (QED) is 0.122. The number of nitrogens with zero attached hydrogens (tertiary/aromatic N) is 3. The first kappa shape index (κ1) is 41.2. The molecule has 0 fully saturated rings. The number of hydrogen-bond donors (Lipinski definition) is 0. The van der Waals surface area contributed by atoms with Gasteiger partial charge in [-0.25, -0.2) is 9.59 Å². The highest BCUT2D eigenvalue weighted by Crippen LogP contribution is 2.37. The summed E-state index contributed by atoms with van der Waals surface area (Å²) in [6.07, 6.45) is 6.62. The lowest BCUT2D eigenvalue weighted by molar-refractivity contribution is 0.0517. The van der Waals surface area contributed by atoms with Crippen molar-refractivity contribution in [3.63, 3.8) is 0 Å². The van der Waals surface area contributed by atoms with E-state index >= 15 is 0 Å². The molecule has 6 aromatic carbocycles. The lowest BCUT2D eigenvalue weighted by atomic mass is 9.99. The molecule has 0 saturated carbocycles. The average molecular weight is 824 g/mol. The van der Waals surface area contributed by atoms with Gasteiger partial charge in [0.15, 0.2) is 0 Å². The van der Waals surface area contributed by atoms with Crippen molar-refractivity contribution >= 4 is 55.6 Å². The van der Waals surface area contributed by atoms with Crippen LogP contribution in [0, 0.1) is 0 Å². The molecule has 0 saturated heterocycles. The summed E-state index contributed by atoms with van der Waals surface area (Å²) in [7, 11) is 0. The van der Waals surface area contributed by atoms with Crippen LogP contribution in [0.1, 0.15) is 98.1 Å². The van der Waals surface area contributed by atoms with Gasteiger partial charge < -0.3 is 18.6 Å². The normalized spacial score (nSPS) is 13.7. The molecule has 7 heteroatoms. The summed E-state index contributed by atoms with van der Waals surface area (Å²) >= 11 is 0. The average Bonchev–Trinajstić information content (AvgIpc) is 3.77. The van der Waals surface area contributed by atoms with Gasteiger partial charge in [0, 0.05) is 75.8 Å². The van der Waals surface area contributed by atoms with Gasteiger partial charge in [-0.05, 0) is 146 Å². The summed E-state index contributed by atoms with van der Waals surface area (Å²) in [4.78, 5) is 28.1. The minimum atomic E-state index is -0.294. The van der Waals surface area contributed by atoms with E-state index in [1.165, 1.54) is 54.7 Å². The van der Waals surface area contributed by atoms with Crippen LogP contribution in [0.4, 0.5) is 0 Å². The summed E-state index contributed by atoms with van der Waals surface area (Å²) < 4.78 is 15.7. The second kappa shape index (κ2) is 18.0. The third-order valence-corrected chi connectivity index (χ3v) is 12.8. The van der Waals surface area contributed by atoms with E-state index in [1.54, 1.807) is 0 Å². The maximum atomic E-state index is 12.7. The maximum Gasteiger partial charge on any atom is 0.338 e. The van der Waals surface area contributed by atoms with Crippen molar-refractivity contribution < 1.29 is 19.1 Å². The second-order valence-electron chi connectivity index (χ2n) is 16.9. The Morgan fingerprint density at radius 2 is 0.903 bits per heavy atom. The number of hydrogen-bond acceptors (Lipinski definition) is 5. The molecule has 8 aromatic rings. The molecule has 0 aliphatic carbocycles. The van der Waals surface area contributed by atoms with Crippen molar-refractivity contribution in [3.05, 3.63) is 144 Å². The number of aryl methyl sites for hydroxylation is 2.